The fourth-order valence-electron chi connectivity index (χ4n) is 7.15. The average Bonchev–Trinajstić information content (AvgIpc) is 3.38. The number of carbonyl (C=O) groups is 2. The van der Waals surface area contributed by atoms with Crippen molar-refractivity contribution in [2.75, 3.05) is 56.6 Å². The van der Waals surface area contributed by atoms with Crippen LogP contribution in [0.5, 0.6) is 0 Å². The predicted octanol–water partition coefficient (Wildman–Crippen LogP) is 5.60. The Morgan fingerprint density at radius 3 is 2.47 bits per heavy atom. The number of halogens is 3. The Balaban J connectivity index is 1.54. The van der Waals surface area contributed by atoms with Crippen LogP contribution < -0.4 is 5.32 Å². The maximum atomic E-state index is 16.0. The van der Waals surface area contributed by atoms with E-state index in [0.29, 0.717) is 61.8 Å². The van der Waals surface area contributed by atoms with E-state index in [1.807, 2.05) is 6.07 Å². The number of benzene rings is 2. The van der Waals surface area contributed by atoms with Crippen LogP contribution >= 0.6 is 23.2 Å². The highest BCUT2D eigenvalue weighted by Crippen LogP contribution is 2.60. The molecule has 12 heteroatoms. The molecule has 3 aliphatic heterocycles. The Hall–Kier alpha value is -2.40. The van der Waals surface area contributed by atoms with Crippen molar-refractivity contribution in [2.24, 2.45) is 11.3 Å². The summed E-state index contributed by atoms with van der Waals surface area (Å²) in [7, 11) is -3.03. The second kappa shape index (κ2) is 11.8. The average molecular weight is 654 g/mol. The van der Waals surface area contributed by atoms with Gasteiger partial charge in [0.25, 0.3) is 0 Å². The third-order valence-electron chi connectivity index (χ3n) is 8.87. The van der Waals surface area contributed by atoms with Crippen LogP contribution in [0, 0.1) is 17.2 Å². The minimum atomic E-state index is -3.03. The molecule has 2 saturated heterocycles. The monoisotopic (exact) mass is 652 g/mol. The van der Waals surface area contributed by atoms with Crippen LogP contribution in [0.4, 0.5) is 14.9 Å². The molecule has 2 aromatic rings. The number of amides is 3. The molecule has 5 rings (SSSR count). The first-order chi connectivity index (χ1) is 20.1. The molecule has 43 heavy (non-hydrogen) atoms. The predicted molar refractivity (Wildman–Crippen MR) is 168 cm³/mol. The summed E-state index contributed by atoms with van der Waals surface area (Å²) < 4.78 is 39.1. The number of urea groups is 1. The Kier molecular flexibility index (Phi) is 8.81. The van der Waals surface area contributed by atoms with Gasteiger partial charge in [0.1, 0.15) is 21.1 Å². The lowest BCUT2D eigenvalue weighted by molar-refractivity contribution is -0.123. The molecular weight excluding hydrogens is 614 g/mol. The summed E-state index contributed by atoms with van der Waals surface area (Å²) in [6, 6.07) is 8.79. The van der Waals surface area contributed by atoms with Crippen molar-refractivity contribution in [3.8, 4) is 0 Å². The summed E-state index contributed by atoms with van der Waals surface area (Å²) >= 11 is 12.6. The van der Waals surface area contributed by atoms with Gasteiger partial charge in [0, 0.05) is 55.3 Å². The first-order valence-electron chi connectivity index (χ1n) is 14.6. The van der Waals surface area contributed by atoms with E-state index in [1.165, 1.54) is 12.3 Å². The number of fused-ring (bicyclic) bond motifs is 2. The third kappa shape index (κ3) is 6.26. The van der Waals surface area contributed by atoms with Crippen LogP contribution in [0.25, 0.3) is 0 Å². The highest BCUT2D eigenvalue weighted by molar-refractivity contribution is 7.90. The van der Waals surface area contributed by atoms with Crippen LogP contribution in [-0.4, -0.2) is 86.3 Å². The van der Waals surface area contributed by atoms with Gasteiger partial charge >= 0.3 is 6.03 Å². The van der Waals surface area contributed by atoms with E-state index in [1.54, 1.807) is 34.1 Å². The Labute approximate surface area is 263 Å². The number of hydrogen-bond acceptors (Lipinski definition) is 5. The van der Waals surface area contributed by atoms with E-state index in [-0.39, 0.29) is 46.2 Å². The molecule has 3 atom stereocenters. The van der Waals surface area contributed by atoms with E-state index in [2.05, 4.69) is 31.0 Å². The van der Waals surface area contributed by atoms with Crippen LogP contribution in [-0.2, 0) is 20.0 Å². The number of carbonyl (C=O) groups excluding carboxylic acids is 2. The van der Waals surface area contributed by atoms with Gasteiger partial charge in [0.15, 0.2) is 0 Å². The van der Waals surface area contributed by atoms with Crippen LogP contribution in [0.15, 0.2) is 36.4 Å². The van der Waals surface area contributed by atoms with Gasteiger partial charge in [-0.3, -0.25) is 9.69 Å². The van der Waals surface area contributed by atoms with Crippen molar-refractivity contribution in [3.63, 3.8) is 0 Å². The molecule has 3 amide bonds. The lowest BCUT2D eigenvalue weighted by Crippen LogP contribution is -2.54. The van der Waals surface area contributed by atoms with Crippen molar-refractivity contribution < 1.29 is 22.4 Å². The van der Waals surface area contributed by atoms with E-state index in [9.17, 15) is 18.0 Å². The third-order valence-corrected chi connectivity index (χ3v) is 10.4. The molecule has 3 aliphatic rings. The van der Waals surface area contributed by atoms with Crippen molar-refractivity contribution in [1.29, 1.82) is 0 Å². The second-order valence-electron chi connectivity index (χ2n) is 13.3. The summed E-state index contributed by atoms with van der Waals surface area (Å²) in [5, 5.41) is 3.41. The van der Waals surface area contributed by atoms with Crippen LogP contribution in [0.2, 0.25) is 10.0 Å². The summed E-state index contributed by atoms with van der Waals surface area (Å²) in [4.78, 5) is 34.3. The second-order valence-corrected chi connectivity index (χ2v) is 16.4. The molecular formula is C31H39Cl2FN4O4S. The number of sulfone groups is 1. The summed E-state index contributed by atoms with van der Waals surface area (Å²) in [5.41, 5.74) is 0.0188. The number of rotatable bonds is 6. The van der Waals surface area contributed by atoms with E-state index >= 15 is 4.39 Å². The van der Waals surface area contributed by atoms with E-state index in [0.717, 1.165) is 0 Å². The minimum Gasteiger partial charge on any atom is -0.325 e. The number of nitrogens with zero attached hydrogens (tertiary/aromatic N) is 3. The molecule has 8 nitrogen and oxygen atoms in total. The Morgan fingerprint density at radius 2 is 1.81 bits per heavy atom. The fraction of sp³-hybridized carbons (Fsp3) is 0.548. The molecule has 1 spiro atoms. The first kappa shape index (κ1) is 32.0. The molecule has 0 aromatic heterocycles. The van der Waals surface area contributed by atoms with Crippen molar-refractivity contribution in [2.45, 2.75) is 45.1 Å². The molecule has 1 N–H and O–H groups in total. The van der Waals surface area contributed by atoms with Gasteiger partial charge in [0.05, 0.1) is 16.8 Å². The summed E-state index contributed by atoms with van der Waals surface area (Å²) in [6.07, 6.45) is 2.37. The number of likely N-dealkylation sites (tertiary alicyclic amines) is 1. The first-order valence-corrected chi connectivity index (χ1v) is 17.4. The van der Waals surface area contributed by atoms with E-state index < -0.39 is 27.1 Å². The quantitative estimate of drug-likeness (QED) is 0.439. The molecule has 2 fully saturated rings. The van der Waals surface area contributed by atoms with Crippen molar-refractivity contribution >= 4 is 50.7 Å². The molecule has 0 radical (unpaired) electrons. The molecule has 3 unspecified atom stereocenters. The SMILES string of the molecule is CC(C)(C)CC1CN(C(=O)N2CCN(CCCS(C)(=O)=O)CC2)C(c2cccc(Cl)c2F)C12C(=O)Nc1cc(Cl)ccc12. The summed E-state index contributed by atoms with van der Waals surface area (Å²) in [5.74, 6) is -1.12. The zero-order valence-corrected chi connectivity index (χ0v) is 27.3. The number of anilines is 1. The van der Waals surface area contributed by atoms with Gasteiger partial charge in [-0.15, -0.1) is 0 Å². The van der Waals surface area contributed by atoms with Gasteiger partial charge in [0.2, 0.25) is 5.91 Å². The Bertz CT molecular complexity index is 1520. The molecule has 0 saturated carbocycles. The Morgan fingerprint density at radius 1 is 1.12 bits per heavy atom. The van der Waals surface area contributed by atoms with Gasteiger partial charge in [-0.1, -0.05) is 62.2 Å². The normalized spacial score (nSPS) is 24.5. The van der Waals surface area contributed by atoms with Crippen molar-refractivity contribution in [1.82, 2.24) is 14.7 Å². The molecule has 2 aromatic carbocycles. The number of nitrogens with one attached hydrogen (secondary N) is 1. The largest absolute Gasteiger partial charge is 0.325 e. The van der Waals surface area contributed by atoms with Crippen LogP contribution in [0.1, 0.15) is 50.8 Å². The highest BCUT2D eigenvalue weighted by Gasteiger charge is 2.65. The number of hydrogen-bond donors (Lipinski definition) is 1. The summed E-state index contributed by atoms with van der Waals surface area (Å²) in [6.45, 7) is 9.25. The van der Waals surface area contributed by atoms with Crippen LogP contribution in [0.3, 0.4) is 0 Å². The van der Waals surface area contributed by atoms with Crippen molar-refractivity contribution in [3.05, 3.63) is 63.4 Å². The van der Waals surface area contributed by atoms with Gasteiger partial charge in [-0.25, -0.2) is 17.6 Å². The minimum absolute atomic E-state index is 0.0724. The molecule has 0 bridgehead atoms. The maximum absolute atomic E-state index is 16.0. The lowest BCUT2D eigenvalue weighted by Gasteiger charge is -2.41. The zero-order valence-electron chi connectivity index (χ0n) is 25.0. The zero-order chi connectivity index (χ0) is 31.3. The van der Waals surface area contributed by atoms with Gasteiger partial charge in [-0.05, 0) is 54.5 Å². The fourth-order valence-corrected chi connectivity index (χ4v) is 8.16. The number of piperazine rings is 1. The van der Waals surface area contributed by atoms with Gasteiger partial charge in [-0.2, -0.15) is 0 Å². The highest BCUT2D eigenvalue weighted by atomic mass is 35.5. The standard InChI is InChI=1S/C31H39Cl2FN4O4S/c1-30(2,3)18-20-19-38(29(40)37-14-12-36(13-15-37)11-6-16-43(4,41)42)27(22-7-5-8-24(33)26(22)34)31(20)23-10-9-21(32)17-25(23)35-28(31)39/h5,7-10,17,20,27H,6,11-16,18-19H2,1-4H3,(H,35,39). The molecule has 3 heterocycles. The molecule has 234 valence electrons. The topological polar surface area (TPSA) is 90.0 Å². The van der Waals surface area contributed by atoms with Gasteiger partial charge < -0.3 is 15.1 Å². The smallest absolute Gasteiger partial charge is 0.320 e. The lowest BCUT2D eigenvalue weighted by atomic mass is 9.63. The molecule has 0 aliphatic carbocycles. The van der Waals surface area contributed by atoms with E-state index in [4.69, 9.17) is 23.2 Å². The maximum Gasteiger partial charge on any atom is 0.320 e.